The Hall–Kier alpha value is -2.77. The molecule has 30 heavy (non-hydrogen) atoms. The highest BCUT2D eigenvalue weighted by atomic mass is 16.2. The van der Waals surface area contributed by atoms with Gasteiger partial charge in [-0.3, -0.25) is 14.6 Å². The third-order valence-corrected chi connectivity index (χ3v) is 5.94. The van der Waals surface area contributed by atoms with Crippen LogP contribution in [0.2, 0.25) is 0 Å². The van der Waals surface area contributed by atoms with Gasteiger partial charge >= 0.3 is 0 Å². The predicted octanol–water partition coefficient (Wildman–Crippen LogP) is 1.85. The van der Waals surface area contributed by atoms with E-state index in [0.717, 1.165) is 24.1 Å². The van der Waals surface area contributed by atoms with Gasteiger partial charge in [0.2, 0.25) is 11.8 Å². The third-order valence-electron chi connectivity index (χ3n) is 5.94. The number of aromatic nitrogens is 1. The Balaban J connectivity index is 1.29. The molecule has 7 heteroatoms. The Morgan fingerprint density at radius 3 is 2.77 bits per heavy atom. The van der Waals surface area contributed by atoms with E-state index in [2.05, 4.69) is 21.2 Å². The number of aryl methyl sites for hydroxylation is 1. The first kappa shape index (κ1) is 20.5. The minimum absolute atomic E-state index is 0.0125. The molecule has 0 bridgehead atoms. The van der Waals surface area contributed by atoms with Crippen LogP contribution >= 0.6 is 0 Å². The summed E-state index contributed by atoms with van der Waals surface area (Å²) in [5, 5.41) is 3.03. The van der Waals surface area contributed by atoms with Crippen LogP contribution in [-0.4, -0.2) is 40.8 Å². The lowest BCUT2D eigenvalue weighted by molar-refractivity contribution is -0.137. The molecule has 4 rings (SSSR count). The van der Waals surface area contributed by atoms with Gasteiger partial charge in [-0.2, -0.15) is 0 Å². The molecule has 2 saturated heterocycles. The largest absolute Gasteiger partial charge is 0.352 e. The maximum Gasteiger partial charge on any atom is 0.241 e. The Labute approximate surface area is 177 Å². The van der Waals surface area contributed by atoms with Gasteiger partial charge in [0.15, 0.2) is 0 Å². The Morgan fingerprint density at radius 2 is 2.00 bits per heavy atom. The zero-order chi connectivity index (χ0) is 20.9. The van der Waals surface area contributed by atoms with Crippen molar-refractivity contribution >= 4 is 11.8 Å². The molecule has 0 spiro atoms. The van der Waals surface area contributed by atoms with Crippen molar-refractivity contribution in [2.45, 2.75) is 44.8 Å². The summed E-state index contributed by atoms with van der Waals surface area (Å²) in [5.41, 5.74) is 9.50. The zero-order valence-electron chi connectivity index (χ0n) is 17.3. The fourth-order valence-electron chi connectivity index (χ4n) is 4.15. The molecular formula is C23H29N5O2. The molecule has 2 aliphatic rings. The van der Waals surface area contributed by atoms with Crippen molar-refractivity contribution < 1.29 is 9.59 Å². The molecule has 3 heterocycles. The summed E-state index contributed by atoms with van der Waals surface area (Å²) < 4.78 is 0. The minimum atomic E-state index is -0.300. The number of pyridine rings is 1. The second-order valence-electron chi connectivity index (χ2n) is 8.21. The van der Waals surface area contributed by atoms with Crippen molar-refractivity contribution in [2.24, 2.45) is 5.92 Å². The van der Waals surface area contributed by atoms with E-state index in [-0.39, 0.29) is 29.8 Å². The zero-order valence-corrected chi connectivity index (χ0v) is 17.3. The normalized spacial score (nSPS) is 23.9. The molecule has 3 atom stereocenters. The number of nitrogens with zero attached hydrogens (tertiary/aromatic N) is 2. The average Bonchev–Trinajstić information content (AvgIpc) is 3.29. The summed E-state index contributed by atoms with van der Waals surface area (Å²) in [6.07, 6.45) is 4.07. The van der Waals surface area contributed by atoms with Crippen molar-refractivity contribution in [3.05, 3.63) is 65.5 Å². The van der Waals surface area contributed by atoms with E-state index in [9.17, 15) is 9.59 Å². The van der Waals surface area contributed by atoms with E-state index in [1.807, 2.05) is 54.3 Å². The van der Waals surface area contributed by atoms with E-state index < -0.39 is 0 Å². The number of carbonyl (C=O) groups excluding carboxylic acids is 2. The number of hydrazine groups is 1. The molecule has 2 aliphatic heterocycles. The van der Waals surface area contributed by atoms with Crippen LogP contribution in [0, 0.1) is 12.8 Å². The molecule has 3 unspecified atom stereocenters. The minimum Gasteiger partial charge on any atom is -0.352 e. The van der Waals surface area contributed by atoms with Crippen LogP contribution in [0.5, 0.6) is 0 Å². The average molecular weight is 408 g/mol. The molecule has 3 N–H and O–H groups in total. The summed E-state index contributed by atoms with van der Waals surface area (Å²) >= 11 is 0. The number of carbonyl (C=O) groups is 2. The molecule has 2 fully saturated rings. The number of likely N-dealkylation sites (tertiary alicyclic amines) is 1. The molecule has 0 saturated carbocycles. The highest BCUT2D eigenvalue weighted by molar-refractivity contribution is 5.84. The van der Waals surface area contributed by atoms with E-state index in [1.165, 1.54) is 5.56 Å². The molecule has 158 valence electrons. The third kappa shape index (κ3) is 4.86. The lowest BCUT2D eigenvalue weighted by Crippen LogP contribution is -2.51. The lowest BCUT2D eigenvalue weighted by atomic mass is 9.96. The molecular weight excluding hydrogens is 378 g/mol. The van der Waals surface area contributed by atoms with Crippen molar-refractivity contribution in [3.63, 3.8) is 0 Å². The van der Waals surface area contributed by atoms with E-state index in [4.69, 9.17) is 0 Å². The SMILES string of the molecule is Cc1ccc(CNC(=O)C2CCCN(C(=O)C3CC(c4ccccn4)NN3)C2)cc1. The maximum absolute atomic E-state index is 13.0. The van der Waals surface area contributed by atoms with Crippen LogP contribution in [0.15, 0.2) is 48.7 Å². The topological polar surface area (TPSA) is 86.4 Å². The number of hydrogen-bond donors (Lipinski definition) is 3. The van der Waals surface area contributed by atoms with Gasteiger partial charge in [0, 0.05) is 25.8 Å². The summed E-state index contributed by atoms with van der Waals surface area (Å²) in [4.78, 5) is 31.9. The lowest BCUT2D eigenvalue weighted by Gasteiger charge is -2.33. The van der Waals surface area contributed by atoms with Gasteiger partial charge in [-0.1, -0.05) is 35.9 Å². The van der Waals surface area contributed by atoms with E-state index >= 15 is 0 Å². The first-order valence-electron chi connectivity index (χ1n) is 10.6. The van der Waals surface area contributed by atoms with Gasteiger partial charge < -0.3 is 10.2 Å². The summed E-state index contributed by atoms with van der Waals surface area (Å²) in [5.74, 6) is -0.0805. The van der Waals surface area contributed by atoms with Crippen molar-refractivity contribution in [1.29, 1.82) is 0 Å². The van der Waals surface area contributed by atoms with Crippen LogP contribution in [0.4, 0.5) is 0 Å². The first-order valence-corrected chi connectivity index (χ1v) is 10.6. The molecule has 1 aromatic carbocycles. The summed E-state index contributed by atoms with van der Waals surface area (Å²) in [7, 11) is 0. The first-order chi connectivity index (χ1) is 14.6. The summed E-state index contributed by atoms with van der Waals surface area (Å²) in [6.45, 7) is 3.74. The molecule has 1 aromatic heterocycles. The molecule has 0 radical (unpaired) electrons. The number of rotatable bonds is 5. The number of nitrogens with one attached hydrogen (secondary N) is 3. The summed E-state index contributed by atoms with van der Waals surface area (Å²) in [6, 6.07) is 13.7. The van der Waals surface area contributed by atoms with Crippen LogP contribution in [-0.2, 0) is 16.1 Å². The van der Waals surface area contributed by atoms with Gasteiger partial charge in [-0.25, -0.2) is 10.9 Å². The number of amides is 2. The molecule has 2 aromatic rings. The fourth-order valence-corrected chi connectivity index (χ4v) is 4.15. The quantitative estimate of drug-likeness (QED) is 0.704. The van der Waals surface area contributed by atoms with Gasteiger partial charge in [0.25, 0.3) is 0 Å². The molecule has 7 nitrogen and oxygen atoms in total. The second kappa shape index (κ2) is 9.36. The Bertz CT molecular complexity index is 871. The van der Waals surface area contributed by atoms with E-state index in [1.54, 1.807) is 6.20 Å². The number of benzene rings is 1. The van der Waals surface area contributed by atoms with Crippen molar-refractivity contribution in [1.82, 2.24) is 26.1 Å². The van der Waals surface area contributed by atoms with Crippen molar-refractivity contribution in [2.75, 3.05) is 13.1 Å². The maximum atomic E-state index is 13.0. The Morgan fingerprint density at radius 1 is 1.17 bits per heavy atom. The van der Waals surface area contributed by atoms with Gasteiger partial charge in [-0.05, 0) is 43.9 Å². The van der Waals surface area contributed by atoms with Crippen molar-refractivity contribution in [3.8, 4) is 0 Å². The van der Waals surface area contributed by atoms with Crippen LogP contribution in [0.3, 0.4) is 0 Å². The smallest absolute Gasteiger partial charge is 0.241 e. The highest BCUT2D eigenvalue weighted by Crippen LogP contribution is 2.24. The van der Waals surface area contributed by atoms with E-state index in [0.29, 0.717) is 26.1 Å². The Kier molecular flexibility index (Phi) is 6.40. The molecule has 2 amide bonds. The predicted molar refractivity (Wildman–Crippen MR) is 114 cm³/mol. The second-order valence-corrected chi connectivity index (χ2v) is 8.21. The van der Waals surface area contributed by atoms with Gasteiger partial charge in [0.1, 0.15) is 6.04 Å². The number of piperidine rings is 1. The monoisotopic (exact) mass is 407 g/mol. The molecule has 0 aliphatic carbocycles. The van der Waals surface area contributed by atoms with Crippen LogP contribution < -0.4 is 16.2 Å². The highest BCUT2D eigenvalue weighted by Gasteiger charge is 2.36. The van der Waals surface area contributed by atoms with Gasteiger partial charge in [-0.15, -0.1) is 0 Å². The van der Waals surface area contributed by atoms with Crippen LogP contribution in [0.1, 0.15) is 42.1 Å². The van der Waals surface area contributed by atoms with Gasteiger partial charge in [0.05, 0.1) is 17.7 Å². The standard InChI is InChI=1S/C23H29N5O2/c1-16-7-9-17(10-8-16)14-25-22(29)18-5-4-12-28(15-18)23(30)21-13-20(26-27-21)19-6-2-3-11-24-19/h2-3,6-11,18,20-21,26-27H,4-5,12-15H2,1H3,(H,25,29). The van der Waals surface area contributed by atoms with Crippen LogP contribution in [0.25, 0.3) is 0 Å². The fraction of sp³-hybridized carbons (Fsp3) is 0.435. The number of hydrogen-bond acceptors (Lipinski definition) is 5.